The Morgan fingerprint density at radius 3 is 2.94 bits per heavy atom. The third-order valence-electron chi connectivity index (χ3n) is 2.03. The Kier molecular flexibility index (Phi) is 2.84. The summed E-state index contributed by atoms with van der Waals surface area (Å²) in [6, 6.07) is 1.18. The number of hydrogen-bond acceptors (Lipinski definition) is 5. The number of carboxylic acid groups (broad SMARTS) is 1. The number of thioether (sulfide) groups is 1. The van der Waals surface area contributed by atoms with Crippen molar-refractivity contribution >= 4 is 17.7 Å². The van der Waals surface area contributed by atoms with E-state index in [1.165, 1.54) is 12.3 Å². The number of ether oxygens (including phenoxy) is 1. The molecule has 1 saturated heterocycles. The van der Waals surface area contributed by atoms with Crippen molar-refractivity contribution in [3.63, 3.8) is 0 Å². The predicted octanol–water partition coefficient (Wildman–Crippen LogP) is -0.791. The van der Waals surface area contributed by atoms with Gasteiger partial charge < -0.3 is 9.84 Å². The predicted molar refractivity (Wildman–Crippen MR) is 55.3 cm³/mol. The van der Waals surface area contributed by atoms with Gasteiger partial charge in [-0.25, -0.2) is 9.59 Å². The number of nitrogens with zero attached hydrogens (tertiary/aromatic N) is 1. The molecule has 0 aliphatic carbocycles. The number of nitrogens with one attached hydrogen (secondary N) is 1. The number of rotatable bonds is 2. The van der Waals surface area contributed by atoms with Crippen LogP contribution in [0.3, 0.4) is 0 Å². The molecule has 0 saturated carbocycles. The van der Waals surface area contributed by atoms with Crippen LogP contribution in [0.2, 0.25) is 0 Å². The zero-order valence-electron chi connectivity index (χ0n) is 7.95. The van der Waals surface area contributed by atoms with Crippen molar-refractivity contribution in [3.05, 3.63) is 33.1 Å². The van der Waals surface area contributed by atoms with Gasteiger partial charge in [0.15, 0.2) is 0 Å². The van der Waals surface area contributed by atoms with Crippen molar-refractivity contribution in [2.24, 2.45) is 0 Å². The first-order chi connectivity index (χ1) is 7.58. The molecular formula is C8H8N2O5S. The third-order valence-corrected chi connectivity index (χ3v) is 3.13. The molecule has 2 N–H and O–H groups in total. The molecule has 1 aliphatic rings. The summed E-state index contributed by atoms with van der Waals surface area (Å²) >= 11 is 1.09. The minimum absolute atomic E-state index is 0.350. The highest BCUT2D eigenvalue weighted by molar-refractivity contribution is 8.00. The van der Waals surface area contributed by atoms with Gasteiger partial charge in [0.25, 0.3) is 5.56 Å². The lowest BCUT2D eigenvalue weighted by Gasteiger charge is -2.12. The molecule has 2 heterocycles. The number of carboxylic acids is 1. The van der Waals surface area contributed by atoms with Crippen molar-refractivity contribution < 1.29 is 14.6 Å². The maximum Gasteiger partial charge on any atom is 0.343 e. The van der Waals surface area contributed by atoms with Gasteiger partial charge in [0.1, 0.15) is 6.23 Å². The summed E-state index contributed by atoms with van der Waals surface area (Å²) in [4.78, 5) is 34.9. The molecule has 0 amide bonds. The van der Waals surface area contributed by atoms with Crippen LogP contribution < -0.4 is 11.2 Å². The van der Waals surface area contributed by atoms with Crippen LogP contribution in [0.5, 0.6) is 0 Å². The van der Waals surface area contributed by atoms with E-state index in [1.807, 2.05) is 0 Å². The topological polar surface area (TPSA) is 101 Å². The van der Waals surface area contributed by atoms with E-state index >= 15 is 0 Å². The number of aromatic nitrogens is 2. The van der Waals surface area contributed by atoms with Gasteiger partial charge in [-0.3, -0.25) is 14.3 Å². The van der Waals surface area contributed by atoms with Crippen LogP contribution >= 0.6 is 11.8 Å². The Morgan fingerprint density at radius 2 is 2.38 bits per heavy atom. The van der Waals surface area contributed by atoms with Crippen LogP contribution in [-0.2, 0) is 9.53 Å². The SMILES string of the molecule is O=C(O)[C@H]1O[C@@H](n2ccc(=O)[nH]c2=O)CS1. The number of aromatic amines is 1. The highest BCUT2D eigenvalue weighted by Crippen LogP contribution is 2.30. The van der Waals surface area contributed by atoms with Crippen LogP contribution in [0.4, 0.5) is 0 Å². The molecule has 0 spiro atoms. The monoisotopic (exact) mass is 244 g/mol. The van der Waals surface area contributed by atoms with Gasteiger partial charge in [0, 0.05) is 18.0 Å². The zero-order chi connectivity index (χ0) is 11.7. The van der Waals surface area contributed by atoms with Gasteiger partial charge >= 0.3 is 11.7 Å². The number of hydrogen-bond donors (Lipinski definition) is 2. The molecule has 0 radical (unpaired) electrons. The summed E-state index contributed by atoms with van der Waals surface area (Å²) in [5, 5.41) is 8.70. The summed E-state index contributed by atoms with van der Waals surface area (Å²) in [5.41, 5.74) is -2.07. The Bertz CT molecular complexity index is 522. The van der Waals surface area contributed by atoms with E-state index in [0.717, 1.165) is 16.3 Å². The Labute approximate surface area is 93.1 Å². The molecule has 2 atom stereocenters. The molecule has 0 bridgehead atoms. The van der Waals surface area contributed by atoms with Gasteiger partial charge in [-0.15, -0.1) is 11.8 Å². The van der Waals surface area contributed by atoms with Crippen molar-refractivity contribution in [2.45, 2.75) is 11.7 Å². The highest BCUT2D eigenvalue weighted by Gasteiger charge is 2.32. The molecule has 0 aromatic carbocycles. The van der Waals surface area contributed by atoms with Crippen LogP contribution in [0.1, 0.15) is 6.23 Å². The van der Waals surface area contributed by atoms with Crippen LogP contribution in [-0.4, -0.2) is 31.8 Å². The smallest absolute Gasteiger partial charge is 0.343 e. The Morgan fingerprint density at radius 1 is 1.62 bits per heavy atom. The largest absolute Gasteiger partial charge is 0.479 e. The molecule has 1 aromatic rings. The first-order valence-electron chi connectivity index (χ1n) is 4.39. The second kappa shape index (κ2) is 4.14. The summed E-state index contributed by atoms with van der Waals surface area (Å²) in [7, 11) is 0. The average molecular weight is 244 g/mol. The molecule has 0 unspecified atom stereocenters. The minimum atomic E-state index is -1.08. The van der Waals surface area contributed by atoms with Crippen molar-refractivity contribution in [2.75, 3.05) is 5.75 Å². The zero-order valence-corrected chi connectivity index (χ0v) is 8.77. The Hall–Kier alpha value is -1.54. The van der Waals surface area contributed by atoms with E-state index < -0.39 is 28.9 Å². The van der Waals surface area contributed by atoms with Gasteiger partial charge in [-0.05, 0) is 0 Å². The summed E-state index contributed by atoms with van der Waals surface area (Å²) in [6.07, 6.45) is 0.631. The molecule has 16 heavy (non-hydrogen) atoms. The first-order valence-corrected chi connectivity index (χ1v) is 5.44. The molecule has 1 aliphatic heterocycles. The second-order valence-corrected chi connectivity index (χ2v) is 4.21. The van der Waals surface area contributed by atoms with Crippen molar-refractivity contribution in [1.29, 1.82) is 0 Å². The van der Waals surface area contributed by atoms with Crippen molar-refractivity contribution in [1.82, 2.24) is 9.55 Å². The lowest BCUT2D eigenvalue weighted by Crippen LogP contribution is -2.32. The van der Waals surface area contributed by atoms with E-state index in [2.05, 4.69) is 4.98 Å². The number of aliphatic carboxylic acids is 1. The van der Waals surface area contributed by atoms with E-state index in [1.54, 1.807) is 0 Å². The molecule has 7 nitrogen and oxygen atoms in total. The molecule has 8 heteroatoms. The first kappa shape index (κ1) is 11.0. The summed E-state index contributed by atoms with van der Waals surface area (Å²) < 4.78 is 6.30. The second-order valence-electron chi connectivity index (χ2n) is 3.11. The molecule has 1 aromatic heterocycles. The van der Waals surface area contributed by atoms with E-state index in [4.69, 9.17) is 9.84 Å². The minimum Gasteiger partial charge on any atom is -0.479 e. The molecular weight excluding hydrogens is 236 g/mol. The Balaban J connectivity index is 2.24. The average Bonchev–Trinajstić information content (AvgIpc) is 2.66. The number of H-pyrrole nitrogens is 1. The maximum absolute atomic E-state index is 11.4. The van der Waals surface area contributed by atoms with Crippen LogP contribution in [0.25, 0.3) is 0 Å². The maximum atomic E-state index is 11.4. The third kappa shape index (κ3) is 2.02. The number of carbonyl (C=O) groups is 1. The molecule has 2 rings (SSSR count). The van der Waals surface area contributed by atoms with Gasteiger partial charge in [0.05, 0.1) is 0 Å². The van der Waals surface area contributed by atoms with E-state index in [9.17, 15) is 14.4 Å². The summed E-state index contributed by atoms with van der Waals surface area (Å²) in [5.74, 6) is -0.729. The quantitative estimate of drug-likeness (QED) is 0.707. The van der Waals surface area contributed by atoms with Gasteiger partial charge in [-0.2, -0.15) is 0 Å². The van der Waals surface area contributed by atoms with Crippen LogP contribution in [0.15, 0.2) is 21.9 Å². The van der Waals surface area contributed by atoms with Crippen molar-refractivity contribution in [3.8, 4) is 0 Å². The lowest BCUT2D eigenvalue weighted by atomic mass is 10.5. The van der Waals surface area contributed by atoms with E-state index in [-0.39, 0.29) is 0 Å². The van der Waals surface area contributed by atoms with Gasteiger partial charge in [0.2, 0.25) is 5.44 Å². The van der Waals surface area contributed by atoms with Gasteiger partial charge in [-0.1, -0.05) is 0 Å². The fraction of sp³-hybridized carbons (Fsp3) is 0.375. The fourth-order valence-electron chi connectivity index (χ4n) is 1.32. The van der Waals surface area contributed by atoms with Crippen LogP contribution in [0, 0.1) is 0 Å². The summed E-state index contributed by atoms with van der Waals surface area (Å²) in [6.45, 7) is 0. The standard InChI is InChI=1S/C8H8N2O5S/c11-4-1-2-10(8(14)9-4)5-3-16-7(15-5)6(12)13/h1-2,5,7H,3H2,(H,12,13)(H,9,11,14)/t5-,7+/m1/s1. The fourth-order valence-corrected chi connectivity index (χ4v) is 2.25. The molecule has 86 valence electrons. The highest BCUT2D eigenvalue weighted by atomic mass is 32.2. The molecule has 1 fully saturated rings. The van der Waals surface area contributed by atoms with E-state index in [0.29, 0.717) is 5.75 Å². The lowest BCUT2D eigenvalue weighted by molar-refractivity contribution is -0.147. The normalized spacial score (nSPS) is 24.5.